The van der Waals surface area contributed by atoms with Gasteiger partial charge < -0.3 is 10.1 Å². The smallest absolute Gasteiger partial charge is 0.272 e. The summed E-state index contributed by atoms with van der Waals surface area (Å²) in [6, 6.07) is 6.62. The molecule has 3 aliphatic rings. The van der Waals surface area contributed by atoms with E-state index in [4.69, 9.17) is 21.7 Å². The standard InChI is InChI=1S/C23H26ClN3O4/c1-3-8-15-17-18(21(29)14-10-6-5-9-13(14)20(17)28)19(25)22(31-15)23(30)26(4-2)27-12-7-11-16(27)24/h5-6,9-10,15-16,22,25H,3-4,7-8,11-12H2,1-2H3. The van der Waals surface area contributed by atoms with Crippen molar-refractivity contribution in [2.45, 2.75) is 57.2 Å². The predicted molar refractivity (Wildman–Crippen MR) is 116 cm³/mol. The summed E-state index contributed by atoms with van der Waals surface area (Å²) in [4.78, 5) is 40.0. The first-order valence-electron chi connectivity index (χ1n) is 10.8. The van der Waals surface area contributed by atoms with Gasteiger partial charge >= 0.3 is 0 Å². The number of alkyl halides is 1. The summed E-state index contributed by atoms with van der Waals surface area (Å²) >= 11 is 6.39. The Kier molecular flexibility index (Phi) is 6.10. The number of halogens is 1. The van der Waals surface area contributed by atoms with Crippen molar-refractivity contribution in [2.24, 2.45) is 0 Å². The second-order valence-electron chi connectivity index (χ2n) is 7.99. The number of hydrogen-bond donors (Lipinski definition) is 1. The van der Waals surface area contributed by atoms with E-state index in [1.165, 1.54) is 5.01 Å². The van der Waals surface area contributed by atoms with Gasteiger partial charge in [0.1, 0.15) is 5.50 Å². The molecule has 2 aliphatic heterocycles. The average molecular weight is 444 g/mol. The zero-order valence-electron chi connectivity index (χ0n) is 17.7. The second kappa shape index (κ2) is 8.65. The van der Waals surface area contributed by atoms with Gasteiger partial charge in [0.05, 0.1) is 17.4 Å². The number of nitrogens with zero attached hydrogens (tertiary/aromatic N) is 2. The number of likely N-dealkylation sites (N-methyl/N-ethyl adjacent to an activating group) is 1. The topological polar surface area (TPSA) is 90.8 Å². The van der Waals surface area contributed by atoms with Crippen LogP contribution < -0.4 is 0 Å². The van der Waals surface area contributed by atoms with Crippen LogP contribution in [0.1, 0.15) is 60.2 Å². The van der Waals surface area contributed by atoms with Crippen LogP contribution in [0.25, 0.3) is 0 Å². The highest BCUT2D eigenvalue weighted by molar-refractivity contribution is 6.40. The fourth-order valence-corrected chi connectivity index (χ4v) is 5.00. The van der Waals surface area contributed by atoms with Crippen molar-refractivity contribution >= 4 is 34.8 Å². The third-order valence-corrected chi connectivity index (χ3v) is 6.55. The molecule has 1 fully saturated rings. The van der Waals surface area contributed by atoms with Gasteiger partial charge in [0, 0.05) is 29.8 Å². The molecule has 0 bridgehead atoms. The quantitative estimate of drug-likeness (QED) is 0.556. The van der Waals surface area contributed by atoms with E-state index in [1.54, 1.807) is 29.3 Å². The molecule has 1 aromatic rings. The summed E-state index contributed by atoms with van der Waals surface area (Å²) in [5.74, 6) is -1.12. The molecule has 3 atom stereocenters. The van der Waals surface area contributed by atoms with Gasteiger partial charge in [0.25, 0.3) is 5.91 Å². The summed E-state index contributed by atoms with van der Waals surface area (Å²) in [7, 11) is 0. The minimum Gasteiger partial charge on any atom is -0.354 e. The van der Waals surface area contributed by atoms with E-state index in [-0.39, 0.29) is 33.7 Å². The lowest BCUT2D eigenvalue weighted by Gasteiger charge is -2.39. The molecule has 0 aromatic heterocycles. The Balaban J connectivity index is 1.74. The van der Waals surface area contributed by atoms with Crippen LogP contribution in [0.5, 0.6) is 0 Å². The molecule has 4 rings (SSSR count). The number of amides is 1. The Hall–Kier alpha value is -2.35. The lowest BCUT2D eigenvalue weighted by molar-refractivity contribution is -0.158. The zero-order chi connectivity index (χ0) is 22.3. The Bertz CT molecular complexity index is 989. The molecule has 7 nitrogen and oxygen atoms in total. The molecule has 1 N–H and O–H groups in total. The van der Waals surface area contributed by atoms with Gasteiger partial charge in [0.2, 0.25) is 0 Å². The van der Waals surface area contributed by atoms with E-state index >= 15 is 0 Å². The first-order valence-corrected chi connectivity index (χ1v) is 11.2. The van der Waals surface area contributed by atoms with Gasteiger partial charge in [-0.05, 0) is 26.2 Å². The largest absolute Gasteiger partial charge is 0.354 e. The number of nitrogens with one attached hydrogen (secondary N) is 1. The van der Waals surface area contributed by atoms with Crippen LogP contribution in [0.15, 0.2) is 35.4 Å². The monoisotopic (exact) mass is 443 g/mol. The summed E-state index contributed by atoms with van der Waals surface area (Å²) in [6.07, 6.45) is 0.861. The molecule has 1 amide bonds. The van der Waals surface area contributed by atoms with Gasteiger partial charge in [-0.1, -0.05) is 37.6 Å². The zero-order valence-corrected chi connectivity index (χ0v) is 18.4. The SMILES string of the molecule is CCCC1OC(C(=O)N(CC)N2CCCC2Cl)C(=N)C2=C1C(=O)c1ccccc1C2=O. The summed E-state index contributed by atoms with van der Waals surface area (Å²) < 4.78 is 6.07. The minimum atomic E-state index is -1.25. The number of ether oxygens (including phenoxy) is 1. The molecular formula is C23H26ClN3O4. The number of ketones is 2. The fourth-order valence-electron chi connectivity index (χ4n) is 4.64. The van der Waals surface area contributed by atoms with Gasteiger partial charge in [-0.3, -0.25) is 19.4 Å². The molecule has 0 saturated carbocycles. The Labute approximate surface area is 186 Å². The molecule has 8 heteroatoms. The fraction of sp³-hybridized carbons (Fsp3) is 0.478. The van der Waals surface area contributed by atoms with Crippen LogP contribution in [-0.2, 0) is 9.53 Å². The molecule has 0 radical (unpaired) electrons. The van der Waals surface area contributed by atoms with Gasteiger partial charge in [-0.15, -0.1) is 11.6 Å². The maximum absolute atomic E-state index is 13.5. The van der Waals surface area contributed by atoms with Crippen LogP contribution in [0.4, 0.5) is 0 Å². The number of fused-ring (bicyclic) bond motifs is 1. The number of carbonyl (C=O) groups is 3. The summed E-state index contributed by atoms with van der Waals surface area (Å²) in [5, 5.41) is 12.0. The highest BCUT2D eigenvalue weighted by Gasteiger charge is 2.48. The number of benzene rings is 1. The van der Waals surface area contributed by atoms with Crippen molar-refractivity contribution < 1.29 is 19.1 Å². The van der Waals surface area contributed by atoms with E-state index in [1.807, 2.05) is 13.8 Å². The normalized spacial score (nSPS) is 26.2. The number of hydrazine groups is 1. The molecule has 31 heavy (non-hydrogen) atoms. The lowest BCUT2D eigenvalue weighted by atomic mass is 9.76. The Morgan fingerprint density at radius 1 is 1.23 bits per heavy atom. The number of carbonyl (C=O) groups excluding carboxylic acids is 3. The van der Waals surface area contributed by atoms with Crippen LogP contribution in [0.2, 0.25) is 0 Å². The Morgan fingerprint density at radius 2 is 1.90 bits per heavy atom. The van der Waals surface area contributed by atoms with Crippen molar-refractivity contribution in [1.29, 1.82) is 5.41 Å². The van der Waals surface area contributed by atoms with Crippen LogP contribution in [0.3, 0.4) is 0 Å². The first kappa shape index (κ1) is 21.9. The van der Waals surface area contributed by atoms with Crippen molar-refractivity contribution in [3.63, 3.8) is 0 Å². The third-order valence-electron chi connectivity index (χ3n) is 6.10. The lowest BCUT2D eigenvalue weighted by Crippen LogP contribution is -2.56. The average Bonchev–Trinajstić information content (AvgIpc) is 3.19. The molecule has 2 heterocycles. The molecule has 3 unspecified atom stereocenters. The van der Waals surface area contributed by atoms with E-state index in [0.29, 0.717) is 31.5 Å². The summed E-state index contributed by atoms with van der Waals surface area (Å²) in [5.41, 5.74) is 0.278. The highest BCUT2D eigenvalue weighted by Crippen LogP contribution is 2.36. The molecule has 1 saturated heterocycles. The van der Waals surface area contributed by atoms with E-state index in [2.05, 4.69) is 0 Å². The number of hydrogen-bond acceptors (Lipinski definition) is 6. The first-order chi connectivity index (χ1) is 14.9. The van der Waals surface area contributed by atoms with Crippen molar-refractivity contribution in [2.75, 3.05) is 13.1 Å². The van der Waals surface area contributed by atoms with Crippen LogP contribution in [-0.4, -0.2) is 64.0 Å². The highest BCUT2D eigenvalue weighted by atomic mass is 35.5. The van der Waals surface area contributed by atoms with E-state index < -0.39 is 23.9 Å². The number of rotatable bonds is 5. The van der Waals surface area contributed by atoms with Crippen molar-refractivity contribution in [3.8, 4) is 0 Å². The van der Waals surface area contributed by atoms with Crippen LogP contribution >= 0.6 is 11.6 Å². The maximum atomic E-state index is 13.5. The van der Waals surface area contributed by atoms with Gasteiger partial charge in [0.15, 0.2) is 17.7 Å². The molecular weight excluding hydrogens is 418 g/mol. The molecule has 1 aliphatic carbocycles. The third kappa shape index (κ3) is 3.54. The second-order valence-corrected chi connectivity index (χ2v) is 8.50. The van der Waals surface area contributed by atoms with E-state index in [9.17, 15) is 14.4 Å². The predicted octanol–water partition coefficient (Wildman–Crippen LogP) is 3.37. The minimum absolute atomic E-state index is 0.0200. The van der Waals surface area contributed by atoms with Crippen molar-refractivity contribution in [1.82, 2.24) is 10.0 Å². The summed E-state index contributed by atoms with van der Waals surface area (Å²) in [6.45, 7) is 4.80. The van der Waals surface area contributed by atoms with Gasteiger partial charge in [-0.25, -0.2) is 5.01 Å². The Morgan fingerprint density at radius 3 is 2.48 bits per heavy atom. The molecule has 1 aromatic carbocycles. The molecule has 0 spiro atoms. The molecule has 164 valence electrons. The van der Waals surface area contributed by atoms with E-state index in [0.717, 1.165) is 12.8 Å². The van der Waals surface area contributed by atoms with Crippen LogP contribution in [0, 0.1) is 5.41 Å². The number of Topliss-reactive ketones (excluding diaryl/α,β-unsaturated/α-hetero) is 2. The van der Waals surface area contributed by atoms with Crippen molar-refractivity contribution in [3.05, 3.63) is 46.5 Å². The van der Waals surface area contributed by atoms with Gasteiger partial charge in [-0.2, -0.15) is 0 Å². The maximum Gasteiger partial charge on any atom is 0.272 e.